The molecule has 1 unspecified atom stereocenters. The molecule has 1 spiro atoms. The molecule has 1 aliphatic carbocycles. The van der Waals surface area contributed by atoms with Gasteiger partial charge in [0.1, 0.15) is 5.75 Å². The van der Waals surface area contributed by atoms with Crippen LogP contribution in [0.1, 0.15) is 61.8 Å². The van der Waals surface area contributed by atoms with E-state index in [-0.39, 0.29) is 11.8 Å². The lowest BCUT2D eigenvalue weighted by Gasteiger charge is -2.50. The van der Waals surface area contributed by atoms with Crippen molar-refractivity contribution in [2.45, 2.75) is 57.7 Å². The molecular formula is C23H25BrN2O. The first-order valence-electron chi connectivity index (χ1n) is 9.96. The Morgan fingerprint density at radius 3 is 2.59 bits per heavy atom. The van der Waals surface area contributed by atoms with Crippen LogP contribution < -0.4 is 4.74 Å². The third-order valence-electron chi connectivity index (χ3n) is 6.40. The topological polar surface area (TPSA) is 24.8 Å². The first kappa shape index (κ1) is 17.3. The smallest absolute Gasteiger partial charge is 0.198 e. The maximum atomic E-state index is 6.68. The predicted octanol–water partition coefficient (Wildman–Crippen LogP) is 6.21. The van der Waals surface area contributed by atoms with Gasteiger partial charge in [-0.15, -0.1) is 0 Å². The molecule has 3 nitrogen and oxygen atoms in total. The number of hydrazone groups is 1. The molecular weight excluding hydrogens is 400 g/mol. The maximum absolute atomic E-state index is 6.68. The first-order valence-corrected chi connectivity index (χ1v) is 10.8. The van der Waals surface area contributed by atoms with Crippen LogP contribution in [0.15, 0.2) is 52.0 Å². The molecule has 2 aliphatic heterocycles. The summed E-state index contributed by atoms with van der Waals surface area (Å²) in [6.07, 6.45) is 5.43. The van der Waals surface area contributed by atoms with Gasteiger partial charge in [0.2, 0.25) is 0 Å². The Hall–Kier alpha value is -1.81. The summed E-state index contributed by atoms with van der Waals surface area (Å²) in [5.41, 5.74) is 4.65. The summed E-state index contributed by atoms with van der Waals surface area (Å²) >= 11 is 3.64. The highest BCUT2D eigenvalue weighted by Crippen LogP contribution is 2.52. The van der Waals surface area contributed by atoms with Crippen LogP contribution in [-0.4, -0.2) is 16.4 Å². The summed E-state index contributed by atoms with van der Waals surface area (Å²) in [5, 5.41) is 7.46. The minimum Gasteiger partial charge on any atom is -0.466 e. The monoisotopic (exact) mass is 424 g/mol. The quantitative estimate of drug-likeness (QED) is 0.543. The van der Waals surface area contributed by atoms with Crippen molar-refractivity contribution in [1.82, 2.24) is 5.01 Å². The minimum absolute atomic E-state index is 0.260. The number of fused-ring (bicyclic) bond motifs is 4. The Morgan fingerprint density at radius 1 is 1.11 bits per heavy atom. The summed E-state index contributed by atoms with van der Waals surface area (Å²) in [6.45, 7) is 4.48. The second-order valence-electron chi connectivity index (χ2n) is 8.39. The van der Waals surface area contributed by atoms with Gasteiger partial charge in [-0.05, 0) is 49.4 Å². The molecule has 0 saturated heterocycles. The molecule has 4 heteroatoms. The fraction of sp³-hybridized carbons (Fsp3) is 0.435. The van der Waals surface area contributed by atoms with E-state index in [0.29, 0.717) is 0 Å². The first-order chi connectivity index (χ1) is 13.0. The Balaban J connectivity index is 1.58. The van der Waals surface area contributed by atoms with Crippen LogP contribution in [0.3, 0.4) is 0 Å². The highest BCUT2D eigenvalue weighted by atomic mass is 79.9. The van der Waals surface area contributed by atoms with E-state index in [1.54, 1.807) is 0 Å². The van der Waals surface area contributed by atoms with Crippen molar-refractivity contribution in [3.63, 3.8) is 0 Å². The molecule has 2 aromatic carbocycles. The van der Waals surface area contributed by atoms with Gasteiger partial charge in [-0.3, -0.25) is 0 Å². The fourth-order valence-electron chi connectivity index (χ4n) is 4.72. The number of hydrogen-bond acceptors (Lipinski definition) is 3. The molecule has 1 fully saturated rings. The number of rotatable bonds is 1. The van der Waals surface area contributed by atoms with Crippen molar-refractivity contribution in [3.05, 3.63) is 63.6 Å². The fourth-order valence-corrected chi connectivity index (χ4v) is 5.10. The van der Waals surface area contributed by atoms with Crippen LogP contribution in [0.25, 0.3) is 0 Å². The summed E-state index contributed by atoms with van der Waals surface area (Å²) in [5.74, 6) is 1.81. The van der Waals surface area contributed by atoms with Gasteiger partial charge in [0.25, 0.3) is 0 Å². The number of hydrogen-bond donors (Lipinski definition) is 0. The van der Waals surface area contributed by atoms with Crippen LogP contribution in [0, 0.1) is 12.8 Å². The van der Waals surface area contributed by atoms with Crippen molar-refractivity contribution >= 4 is 21.6 Å². The standard InChI is InChI=1S/C23H25BrN2O/c1-15-3-5-17(6-4-15)20-14-21-19-13-18(24)7-8-22(19)27-23(26(21)25-20)11-9-16(2)10-12-23/h3-8,13,16,21H,9-12,14H2,1-2H3. The molecule has 5 rings (SSSR count). The zero-order chi connectivity index (χ0) is 18.6. The Labute approximate surface area is 169 Å². The molecule has 140 valence electrons. The second kappa shape index (κ2) is 6.37. The third-order valence-corrected chi connectivity index (χ3v) is 6.89. The lowest BCUT2D eigenvalue weighted by molar-refractivity contribution is -0.145. The molecule has 27 heavy (non-hydrogen) atoms. The molecule has 0 N–H and O–H groups in total. The van der Waals surface area contributed by atoms with E-state index >= 15 is 0 Å². The van der Waals surface area contributed by atoms with E-state index < -0.39 is 0 Å². The zero-order valence-corrected chi connectivity index (χ0v) is 17.5. The van der Waals surface area contributed by atoms with Crippen LogP contribution in [0.2, 0.25) is 0 Å². The average Bonchev–Trinajstić information content (AvgIpc) is 3.12. The van der Waals surface area contributed by atoms with Gasteiger partial charge in [-0.25, -0.2) is 5.01 Å². The normalized spacial score (nSPS) is 29.1. The van der Waals surface area contributed by atoms with Crippen LogP contribution >= 0.6 is 15.9 Å². The second-order valence-corrected chi connectivity index (χ2v) is 9.31. The third kappa shape index (κ3) is 2.89. The van der Waals surface area contributed by atoms with Crippen molar-refractivity contribution in [2.75, 3.05) is 0 Å². The molecule has 0 aromatic heterocycles. The van der Waals surface area contributed by atoms with Gasteiger partial charge in [-0.2, -0.15) is 5.10 Å². The SMILES string of the molecule is Cc1ccc(C2=NN3C(C2)c2cc(Br)ccc2OC32CCC(C)CC2)cc1. The number of ether oxygens (including phenoxy) is 1. The van der Waals surface area contributed by atoms with E-state index in [9.17, 15) is 0 Å². The van der Waals surface area contributed by atoms with Gasteiger partial charge in [0, 0.05) is 29.3 Å². The number of nitrogens with zero attached hydrogens (tertiary/aromatic N) is 2. The maximum Gasteiger partial charge on any atom is 0.198 e. The lowest BCUT2D eigenvalue weighted by Crippen LogP contribution is -2.55. The van der Waals surface area contributed by atoms with E-state index in [4.69, 9.17) is 9.84 Å². The van der Waals surface area contributed by atoms with Gasteiger partial charge < -0.3 is 4.74 Å². The van der Waals surface area contributed by atoms with Gasteiger partial charge in [-0.1, -0.05) is 52.7 Å². The highest BCUT2D eigenvalue weighted by Gasteiger charge is 2.51. The summed E-state index contributed by atoms with van der Waals surface area (Å²) in [4.78, 5) is 0. The molecule has 2 aromatic rings. The Bertz CT molecular complexity index is 897. The molecule has 0 bridgehead atoms. The molecule has 3 aliphatic rings. The highest BCUT2D eigenvalue weighted by molar-refractivity contribution is 9.10. The lowest BCUT2D eigenvalue weighted by atomic mass is 9.82. The van der Waals surface area contributed by atoms with E-state index in [1.807, 2.05) is 0 Å². The largest absolute Gasteiger partial charge is 0.466 e. The van der Waals surface area contributed by atoms with Gasteiger partial charge >= 0.3 is 0 Å². The van der Waals surface area contributed by atoms with E-state index in [1.165, 1.54) is 35.2 Å². The molecule has 0 radical (unpaired) electrons. The predicted molar refractivity (Wildman–Crippen MR) is 112 cm³/mol. The van der Waals surface area contributed by atoms with Crippen LogP contribution in [-0.2, 0) is 0 Å². The molecule has 2 heterocycles. The van der Waals surface area contributed by atoms with Crippen LogP contribution in [0.5, 0.6) is 5.75 Å². The van der Waals surface area contributed by atoms with Crippen molar-refractivity contribution in [3.8, 4) is 5.75 Å². The molecule has 1 atom stereocenters. The zero-order valence-electron chi connectivity index (χ0n) is 15.9. The van der Waals surface area contributed by atoms with Crippen molar-refractivity contribution in [1.29, 1.82) is 0 Å². The van der Waals surface area contributed by atoms with Gasteiger partial charge in [0.05, 0.1) is 11.8 Å². The molecule has 1 saturated carbocycles. The summed E-state index contributed by atoms with van der Waals surface area (Å²) in [6, 6.07) is 15.4. The Morgan fingerprint density at radius 2 is 1.85 bits per heavy atom. The summed E-state index contributed by atoms with van der Waals surface area (Å²) < 4.78 is 7.78. The van der Waals surface area contributed by atoms with Gasteiger partial charge in [0.15, 0.2) is 5.72 Å². The van der Waals surface area contributed by atoms with Crippen molar-refractivity contribution < 1.29 is 4.74 Å². The average molecular weight is 425 g/mol. The summed E-state index contributed by atoms with van der Waals surface area (Å²) in [7, 11) is 0. The van der Waals surface area contributed by atoms with Crippen molar-refractivity contribution in [2.24, 2.45) is 11.0 Å². The van der Waals surface area contributed by atoms with E-state index in [2.05, 4.69) is 77.3 Å². The number of halogens is 1. The Kier molecular flexibility index (Phi) is 4.08. The molecule has 0 amide bonds. The van der Waals surface area contributed by atoms with E-state index in [0.717, 1.165) is 35.4 Å². The van der Waals surface area contributed by atoms with Crippen LogP contribution in [0.4, 0.5) is 0 Å². The number of benzene rings is 2. The minimum atomic E-state index is -0.287. The number of aryl methyl sites for hydroxylation is 1.